The summed E-state index contributed by atoms with van der Waals surface area (Å²) < 4.78 is 12.1. The second kappa shape index (κ2) is 7.49. The number of aliphatic hydroxyl groups is 1. The number of hydrogen-bond donors (Lipinski definition) is 2. The van der Waals surface area contributed by atoms with Gasteiger partial charge in [-0.3, -0.25) is 4.21 Å². The van der Waals surface area contributed by atoms with E-state index in [1.807, 2.05) is 0 Å². The summed E-state index contributed by atoms with van der Waals surface area (Å²) in [5.74, 6) is 0.834. The summed E-state index contributed by atoms with van der Waals surface area (Å²) in [6.07, 6.45) is 5.93. The van der Waals surface area contributed by atoms with E-state index in [-0.39, 0.29) is 6.04 Å². The quantitative estimate of drug-likeness (QED) is 0.766. The van der Waals surface area contributed by atoms with Crippen LogP contribution in [0.15, 0.2) is 0 Å². The maximum Gasteiger partial charge on any atom is 0.0806 e. The van der Waals surface area contributed by atoms with Crippen molar-refractivity contribution in [3.05, 3.63) is 0 Å². The van der Waals surface area contributed by atoms with Crippen LogP contribution in [0.25, 0.3) is 0 Å². The van der Waals surface area contributed by atoms with Crippen molar-refractivity contribution in [3.63, 3.8) is 0 Å². The Labute approximate surface area is 108 Å². The molecule has 0 aromatic carbocycles. The molecule has 0 spiro atoms. The van der Waals surface area contributed by atoms with Gasteiger partial charge in [0, 0.05) is 22.1 Å². The third kappa shape index (κ3) is 5.49. The fourth-order valence-corrected chi connectivity index (χ4v) is 4.17. The van der Waals surface area contributed by atoms with Gasteiger partial charge < -0.3 is 10.8 Å². The van der Waals surface area contributed by atoms with Crippen molar-refractivity contribution >= 4 is 10.8 Å². The van der Waals surface area contributed by atoms with Crippen molar-refractivity contribution in [3.8, 4) is 0 Å². The fourth-order valence-electron chi connectivity index (χ4n) is 2.46. The first-order valence-electron chi connectivity index (χ1n) is 6.81. The van der Waals surface area contributed by atoms with E-state index in [1.165, 1.54) is 19.3 Å². The maximum atomic E-state index is 12.1. The van der Waals surface area contributed by atoms with Gasteiger partial charge in [-0.05, 0) is 25.2 Å². The molecule has 0 aliphatic heterocycles. The molecular weight excluding hydrogens is 234 g/mol. The lowest BCUT2D eigenvalue weighted by molar-refractivity contribution is 0.155. The molecule has 1 aliphatic carbocycles. The highest BCUT2D eigenvalue weighted by atomic mass is 32.2. The molecule has 17 heavy (non-hydrogen) atoms. The number of nitrogens with two attached hydrogens (primary N) is 1. The number of aliphatic hydroxyl groups excluding tert-OH is 1. The topological polar surface area (TPSA) is 63.3 Å². The second-order valence-electron chi connectivity index (χ2n) is 5.67. The van der Waals surface area contributed by atoms with Gasteiger partial charge in [-0.25, -0.2) is 0 Å². The van der Waals surface area contributed by atoms with E-state index < -0.39 is 16.9 Å². The summed E-state index contributed by atoms with van der Waals surface area (Å²) in [6.45, 7) is 4.18. The molecule has 1 aliphatic rings. The first-order valence-corrected chi connectivity index (χ1v) is 8.19. The van der Waals surface area contributed by atoms with Crippen LogP contribution in [0.5, 0.6) is 0 Å². The van der Waals surface area contributed by atoms with E-state index in [2.05, 4.69) is 13.8 Å². The molecular formula is C13H27NO2S. The van der Waals surface area contributed by atoms with E-state index in [1.54, 1.807) is 0 Å². The van der Waals surface area contributed by atoms with Crippen LogP contribution in [-0.2, 0) is 10.8 Å². The average Bonchev–Trinajstić information content (AvgIpc) is 2.29. The third-order valence-corrected chi connectivity index (χ3v) is 5.38. The zero-order valence-corrected chi connectivity index (χ0v) is 11.9. The molecule has 3 N–H and O–H groups in total. The van der Waals surface area contributed by atoms with Crippen molar-refractivity contribution in [2.75, 3.05) is 5.75 Å². The minimum absolute atomic E-state index is 0.234. The molecule has 0 saturated heterocycles. The number of hydrogen-bond acceptors (Lipinski definition) is 3. The Kier molecular flexibility index (Phi) is 6.67. The summed E-state index contributed by atoms with van der Waals surface area (Å²) >= 11 is 0. The molecule has 0 radical (unpaired) electrons. The Balaban J connectivity index is 2.33. The van der Waals surface area contributed by atoms with Crippen molar-refractivity contribution in [2.45, 2.75) is 69.8 Å². The third-order valence-electron chi connectivity index (χ3n) is 3.50. The van der Waals surface area contributed by atoms with Gasteiger partial charge in [0.1, 0.15) is 0 Å². The Bertz CT molecular complexity index is 240. The molecule has 1 saturated carbocycles. The Morgan fingerprint density at radius 2 is 1.88 bits per heavy atom. The lowest BCUT2D eigenvalue weighted by Gasteiger charge is -2.25. The van der Waals surface area contributed by atoms with Crippen LogP contribution < -0.4 is 5.73 Å². The highest BCUT2D eigenvalue weighted by Gasteiger charge is 2.24. The van der Waals surface area contributed by atoms with Crippen LogP contribution in [0.2, 0.25) is 0 Å². The van der Waals surface area contributed by atoms with Gasteiger partial charge in [-0.1, -0.05) is 33.1 Å². The largest absolute Gasteiger partial charge is 0.391 e. The smallest absolute Gasteiger partial charge is 0.0806 e. The minimum atomic E-state index is -0.902. The van der Waals surface area contributed by atoms with E-state index in [9.17, 15) is 9.32 Å². The van der Waals surface area contributed by atoms with Crippen LogP contribution in [-0.4, -0.2) is 32.5 Å². The molecule has 0 aromatic rings. The van der Waals surface area contributed by atoms with Gasteiger partial charge in [-0.2, -0.15) is 0 Å². The molecule has 0 aromatic heterocycles. The van der Waals surface area contributed by atoms with Crippen molar-refractivity contribution < 1.29 is 9.32 Å². The second-order valence-corrected chi connectivity index (χ2v) is 7.43. The van der Waals surface area contributed by atoms with Crippen LogP contribution in [0.1, 0.15) is 52.4 Å². The fraction of sp³-hybridized carbons (Fsp3) is 1.00. The maximum absolute atomic E-state index is 12.1. The standard InChI is InChI=1S/C13H27NO2S/c1-10(2)8-12(14)13(15)9-17(16)11-6-4-3-5-7-11/h10-13,15H,3-9,14H2,1-2H3. The summed E-state index contributed by atoms with van der Waals surface area (Å²) in [4.78, 5) is 0. The summed E-state index contributed by atoms with van der Waals surface area (Å²) in [6, 6.07) is -0.234. The average molecular weight is 261 g/mol. The Morgan fingerprint density at radius 3 is 2.41 bits per heavy atom. The molecule has 3 unspecified atom stereocenters. The van der Waals surface area contributed by atoms with Gasteiger partial charge in [0.25, 0.3) is 0 Å². The van der Waals surface area contributed by atoms with Gasteiger partial charge >= 0.3 is 0 Å². The van der Waals surface area contributed by atoms with E-state index in [0.29, 0.717) is 16.9 Å². The predicted molar refractivity (Wildman–Crippen MR) is 73.3 cm³/mol. The van der Waals surface area contributed by atoms with E-state index in [0.717, 1.165) is 19.3 Å². The van der Waals surface area contributed by atoms with Gasteiger partial charge in [0.15, 0.2) is 0 Å². The van der Waals surface area contributed by atoms with Crippen LogP contribution >= 0.6 is 0 Å². The van der Waals surface area contributed by atoms with E-state index in [4.69, 9.17) is 5.73 Å². The van der Waals surface area contributed by atoms with Crippen LogP contribution in [0.4, 0.5) is 0 Å². The Morgan fingerprint density at radius 1 is 1.29 bits per heavy atom. The highest BCUT2D eigenvalue weighted by Crippen LogP contribution is 2.22. The van der Waals surface area contributed by atoms with Gasteiger partial charge in [-0.15, -0.1) is 0 Å². The molecule has 0 heterocycles. The molecule has 3 atom stereocenters. The zero-order valence-electron chi connectivity index (χ0n) is 11.1. The molecule has 1 rings (SSSR count). The molecule has 102 valence electrons. The SMILES string of the molecule is CC(C)CC(N)C(O)CS(=O)C1CCCCC1. The summed E-state index contributed by atoms with van der Waals surface area (Å²) in [7, 11) is -0.902. The Hall–Kier alpha value is 0.0700. The number of rotatable bonds is 6. The molecule has 0 bridgehead atoms. The molecule has 0 amide bonds. The lowest BCUT2D eigenvalue weighted by Crippen LogP contribution is -2.41. The molecule has 4 heteroatoms. The highest BCUT2D eigenvalue weighted by molar-refractivity contribution is 7.85. The summed E-state index contributed by atoms with van der Waals surface area (Å²) in [5.41, 5.74) is 5.91. The monoisotopic (exact) mass is 261 g/mol. The van der Waals surface area contributed by atoms with Gasteiger partial charge in [0.2, 0.25) is 0 Å². The van der Waals surface area contributed by atoms with Crippen LogP contribution in [0.3, 0.4) is 0 Å². The van der Waals surface area contributed by atoms with Crippen LogP contribution in [0, 0.1) is 5.92 Å². The first kappa shape index (κ1) is 15.1. The minimum Gasteiger partial charge on any atom is -0.391 e. The molecule has 3 nitrogen and oxygen atoms in total. The van der Waals surface area contributed by atoms with Crippen molar-refractivity contribution in [1.82, 2.24) is 0 Å². The zero-order chi connectivity index (χ0) is 12.8. The van der Waals surface area contributed by atoms with Gasteiger partial charge in [0.05, 0.1) is 11.9 Å². The predicted octanol–water partition coefficient (Wildman–Crippen LogP) is 1.80. The lowest BCUT2D eigenvalue weighted by atomic mass is 10.0. The normalized spacial score (nSPS) is 23.6. The van der Waals surface area contributed by atoms with Crippen molar-refractivity contribution in [2.24, 2.45) is 11.7 Å². The summed E-state index contributed by atoms with van der Waals surface area (Å²) in [5, 5.41) is 10.2. The van der Waals surface area contributed by atoms with Crippen molar-refractivity contribution in [1.29, 1.82) is 0 Å². The molecule has 1 fully saturated rings. The van der Waals surface area contributed by atoms with E-state index >= 15 is 0 Å². The first-order chi connectivity index (χ1) is 8.00.